The van der Waals surface area contributed by atoms with E-state index in [2.05, 4.69) is 47.3 Å². The minimum Gasteiger partial charge on any atom is -0.370 e. The molecule has 0 N–H and O–H groups in total. The highest BCUT2D eigenvalue weighted by molar-refractivity contribution is 5.65. The summed E-state index contributed by atoms with van der Waals surface area (Å²) in [4.78, 5) is 9.07. The summed E-state index contributed by atoms with van der Waals surface area (Å²) in [5, 5.41) is 8.80. The average molecular weight is 453 g/mol. The highest BCUT2D eigenvalue weighted by atomic mass is 19.3. The number of benzene rings is 1. The predicted octanol–water partition coefficient (Wildman–Crippen LogP) is 5.11. The van der Waals surface area contributed by atoms with Crippen molar-refractivity contribution in [3.8, 4) is 17.1 Å². The van der Waals surface area contributed by atoms with Crippen LogP contribution in [-0.4, -0.2) is 52.1 Å². The lowest BCUT2D eigenvalue weighted by Crippen LogP contribution is -2.39. The van der Waals surface area contributed by atoms with Gasteiger partial charge in [0.25, 0.3) is 5.92 Å². The molecule has 4 heterocycles. The number of anilines is 2. The van der Waals surface area contributed by atoms with E-state index in [0.717, 1.165) is 24.7 Å². The van der Waals surface area contributed by atoms with Gasteiger partial charge in [0, 0.05) is 39.0 Å². The Morgan fingerprint density at radius 1 is 0.909 bits per heavy atom. The number of nitrogens with zero attached hydrogens (tertiary/aromatic N) is 6. The molecule has 0 aliphatic carbocycles. The zero-order valence-electron chi connectivity index (χ0n) is 19.2. The van der Waals surface area contributed by atoms with Gasteiger partial charge in [-0.1, -0.05) is 24.3 Å². The van der Waals surface area contributed by atoms with Crippen LogP contribution in [0.3, 0.4) is 0 Å². The third-order valence-corrected chi connectivity index (χ3v) is 6.81. The number of piperidine rings is 2. The van der Waals surface area contributed by atoms with E-state index in [-0.39, 0.29) is 12.8 Å². The van der Waals surface area contributed by atoms with Crippen LogP contribution in [0.15, 0.2) is 42.6 Å². The first-order valence-corrected chi connectivity index (χ1v) is 11.8. The quantitative estimate of drug-likeness (QED) is 0.551. The maximum Gasteiger partial charge on any atom is 0.251 e. The molecular formula is C25H30F2N6. The third kappa shape index (κ3) is 4.70. The maximum absolute atomic E-state index is 13.5. The first-order chi connectivity index (χ1) is 15.9. The minimum atomic E-state index is -2.57. The second kappa shape index (κ2) is 8.72. The Morgan fingerprint density at radius 2 is 1.67 bits per heavy atom. The van der Waals surface area contributed by atoms with Gasteiger partial charge in [0.2, 0.25) is 0 Å². The summed E-state index contributed by atoms with van der Waals surface area (Å²) in [5.41, 5.74) is 4.75. The summed E-state index contributed by atoms with van der Waals surface area (Å²) in [6.07, 6.45) is 4.00. The molecule has 0 atom stereocenters. The van der Waals surface area contributed by atoms with Crippen LogP contribution in [0.5, 0.6) is 0 Å². The van der Waals surface area contributed by atoms with Crippen LogP contribution < -0.4 is 9.80 Å². The molecule has 2 aromatic heterocycles. The van der Waals surface area contributed by atoms with Crippen LogP contribution >= 0.6 is 0 Å². The Hall–Kier alpha value is -3.03. The second-order valence-corrected chi connectivity index (χ2v) is 9.43. The van der Waals surface area contributed by atoms with Crippen LogP contribution in [0.1, 0.15) is 38.2 Å². The lowest BCUT2D eigenvalue weighted by atomic mass is 9.98. The van der Waals surface area contributed by atoms with Gasteiger partial charge >= 0.3 is 0 Å². The first-order valence-electron chi connectivity index (χ1n) is 11.8. The molecule has 0 unspecified atom stereocenters. The van der Waals surface area contributed by atoms with Crippen molar-refractivity contribution in [1.82, 2.24) is 20.0 Å². The van der Waals surface area contributed by atoms with Crippen molar-refractivity contribution in [2.75, 3.05) is 36.0 Å². The summed E-state index contributed by atoms with van der Waals surface area (Å²) >= 11 is 0. The van der Waals surface area contributed by atoms with Crippen molar-refractivity contribution >= 4 is 11.5 Å². The highest BCUT2D eigenvalue weighted by Gasteiger charge is 2.34. The van der Waals surface area contributed by atoms with Crippen molar-refractivity contribution < 1.29 is 8.78 Å². The number of aromatic nitrogens is 4. The smallest absolute Gasteiger partial charge is 0.251 e. The number of hydrogen-bond donors (Lipinski definition) is 0. The largest absolute Gasteiger partial charge is 0.370 e. The molecule has 5 rings (SSSR count). The standard InChI is InChI=1S/C25H30F2N6/c1-18-8-12-31(13-9-18)23-16-19(2)6-7-22(23)33-17-21(29-30-33)20-4-3-5-24(28-20)32-14-10-25(26,27)11-15-32/h3-7,16-18H,8-15H2,1-2H3. The van der Waals surface area contributed by atoms with Crippen molar-refractivity contribution in [2.24, 2.45) is 5.92 Å². The van der Waals surface area contributed by atoms with Crippen molar-refractivity contribution in [2.45, 2.75) is 45.5 Å². The van der Waals surface area contributed by atoms with Crippen LogP contribution in [0.2, 0.25) is 0 Å². The highest BCUT2D eigenvalue weighted by Crippen LogP contribution is 2.32. The second-order valence-electron chi connectivity index (χ2n) is 9.43. The summed E-state index contributed by atoms with van der Waals surface area (Å²) in [6.45, 7) is 7.11. The molecule has 3 aromatic rings. The normalized spacial score (nSPS) is 19.2. The van der Waals surface area contributed by atoms with Crippen molar-refractivity contribution in [3.63, 3.8) is 0 Å². The van der Waals surface area contributed by atoms with Gasteiger partial charge < -0.3 is 9.80 Å². The van der Waals surface area contributed by atoms with Gasteiger partial charge in [0.1, 0.15) is 11.5 Å². The summed E-state index contributed by atoms with van der Waals surface area (Å²) in [7, 11) is 0. The first kappa shape index (κ1) is 21.8. The lowest BCUT2D eigenvalue weighted by Gasteiger charge is -2.33. The van der Waals surface area contributed by atoms with Crippen LogP contribution in [0, 0.1) is 12.8 Å². The van der Waals surface area contributed by atoms with Gasteiger partial charge in [0.05, 0.1) is 23.3 Å². The van der Waals surface area contributed by atoms with Gasteiger partial charge in [-0.05, 0) is 55.5 Å². The molecule has 2 aliphatic rings. The fourth-order valence-electron chi connectivity index (χ4n) is 4.63. The molecule has 1 aromatic carbocycles. The molecule has 2 aliphatic heterocycles. The Kier molecular flexibility index (Phi) is 5.76. The molecule has 0 amide bonds. The zero-order chi connectivity index (χ0) is 23.0. The number of hydrogen-bond acceptors (Lipinski definition) is 5. The minimum absolute atomic E-state index is 0.138. The molecular weight excluding hydrogens is 422 g/mol. The topological polar surface area (TPSA) is 50.1 Å². The molecule has 0 bridgehead atoms. The Morgan fingerprint density at radius 3 is 2.42 bits per heavy atom. The van der Waals surface area contributed by atoms with Crippen LogP contribution in [0.4, 0.5) is 20.3 Å². The van der Waals surface area contributed by atoms with E-state index in [4.69, 9.17) is 4.98 Å². The van der Waals surface area contributed by atoms with Gasteiger partial charge in [-0.15, -0.1) is 5.10 Å². The molecule has 2 saturated heterocycles. The molecule has 174 valence electrons. The van der Waals surface area contributed by atoms with Gasteiger partial charge in [-0.3, -0.25) is 0 Å². The monoisotopic (exact) mass is 452 g/mol. The Labute approximate surface area is 193 Å². The number of halogens is 2. The molecule has 8 heteroatoms. The molecule has 0 radical (unpaired) electrons. The third-order valence-electron chi connectivity index (χ3n) is 6.81. The fourth-order valence-corrected chi connectivity index (χ4v) is 4.63. The van der Waals surface area contributed by atoms with E-state index in [1.54, 1.807) is 0 Å². The number of aryl methyl sites for hydroxylation is 1. The Bertz CT molecular complexity index is 1110. The zero-order valence-corrected chi connectivity index (χ0v) is 19.2. The van der Waals surface area contributed by atoms with Crippen molar-refractivity contribution in [1.29, 1.82) is 0 Å². The van der Waals surface area contributed by atoms with E-state index in [1.165, 1.54) is 24.1 Å². The number of alkyl halides is 2. The average Bonchev–Trinajstić information content (AvgIpc) is 3.30. The van der Waals surface area contributed by atoms with Gasteiger partial charge in [0.15, 0.2) is 0 Å². The van der Waals surface area contributed by atoms with Crippen LogP contribution in [-0.2, 0) is 0 Å². The van der Waals surface area contributed by atoms with E-state index in [9.17, 15) is 8.78 Å². The van der Waals surface area contributed by atoms with E-state index < -0.39 is 5.92 Å². The van der Waals surface area contributed by atoms with Gasteiger partial charge in [-0.2, -0.15) is 0 Å². The lowest BCUT2D eigenvalue weighted by molar-refractivity contribution is -0.0221. The fraction of sp³-hybridized carbons (Fsp3) is 0.480. The number of rotatable bonds is 4. The van der Waals surface area contributed by atoms with Crippen molar-refractivity contribution in [3.05, 3.63) is 48.2 Å². The Balaban J connectivity index is 1.40. The summed E-state index contributed by atoms with van der Waals surface area (Å²) < 4.78 is 28.9. The summed E-state index contributed by atoms with van der Waals surface area (Å²) in [6, 6.07) is 12.1. The predicted molar refractivity (Wildman–Crippen MR) is 126 cm³/mol. The van der Waals surface area contributed by atoms with Gasteiger partial charge in [-0.25, -0.2) is 18.4 Å². The van der Waals surface area contributed by atoms with Crippen LogP contribution in [0.25, 0.3) is 17.1 Å². The maximum atomic E-state index is 13.5. The number of pyridine rings is 1. The molecule has 33 heavy (non-hydrogen) atoms. The van der Waals surface area contributed by atoms with E-state index >= 15 is 0 Å². The van der Waals surface area contributed by atoms with E-state index in [0.29, 0.717) is 30.3 Å². The SMILES string of the molecule is Cc1ccc(-n2cc(-c3cccc(N4CCC(F)(F)CC4)n3)nn2)c(N2CCC(C)CC2)c1. The molecule has 0 saturated carbocycles. The summed E-state index contributed by atoms with van der Waals surface area (Å²) in [5.74, 6) is -1.11. The van der Waals surface area contributed by atoms with E-state index in [1.807, 2.05) is 34.0 Å². The molecule has 2 fully saturated rings. The molecule has 6 nitrogen and oxygen atoms in total. The molecule has 0 spiro atoms.